The van der Waals surface area contributed by atoms with Crippen molar-refractivity contribution in [2.75, 3.05) is 31.9 Å². The van der Waals surface area contributed by atoms with Gasteiger partial charge < -0.3 is 15.5 Å². The van der Waals surface area contributed by atoms with Gasteiger partial charge >= 0.3 is 0 Å². The summed E-state index contributed by atoms with van der Waals surface area (Å²) >= 11 is 1.73. The van der Waals surface area contributed by atoms with Gasteiger partial charge in [0.1, 0.15) is 0 Å². The number of rotatable bonds is 7. The van der Waals surface area contributed by atoms with E-state index in [0.29, 0.717) is 18.9 Å². The molecule has 0 aliphatic carbocycles. The first kappa shape index (κ1) is 22.1. The van der Waals surface area contributed by atoms with Gasteiger partial charge in [-0.1, -0.05) is 18.2 Å². The van der Waals surface area contributed by atoms with Gasteiger partial charge in [0.25, 0.3) is 0 Å². The molecule has 5 nitrogen and oxygen atoms in total. The molecule has 1 aromatic rings. The van der Waals surface area contributed by atoms with Crippen molar-refractivity contribution in [2.45, 2.75) is 43.0 Å². The Morgan fingerprint density at radius 2 is 2.00 bits per heavy atom. The Morgan fingerprint density at radius 1 is 1.19 bits per heavy atom. The first-order valence-electron chi connectivity index (χ1n) is 9.69. The molecule has 0 aromatic heterocycles. The fourth-order valence-electron chi connectivity index (χ4n) is 3.67. The van der Waals surface area contributed by atoms with Gasteiger partial charge in [-0.3, -0.25) is 9.59 Å². The predicted molar refractivity (Wildman–Crippen MR) is 112 cm³/mol. The molecular formula is C20H30ClN3O2S. The second-order valence-corrected chi connectivity index (χ2v) is 8.32. The average molecular weight is 412 g/mol. The van der Waals surface area contributed by atoms with Crippen LogP contribution >= 0.6 is 24.2 Å². The number of nitrogens with zero attached hydrogens (tertiary/aromatic N) is 1. The molecule has 2 unspecified atom stereocenters. The Labute approximate surface area is 172 Å². The zero-order chi connectivity index (χ0) is 18.2. The van der Waals surface area contributed by atoms with Crippen LogP contribution in [-0.2, 0) is 9.59 Å². The highest BCUT2D eigenvalue weighted by Gasteiger charge is 2.26. The van der Waals surface area contributed by atoms with Crippen molar-refractivity contribution in [2.24, 2.45) is 5.92 Å². The number of hydrogen-bond acceptors (Lipinski definition) is 4. The van der Waals surface area contributed by atoms with Gasteiger partial charge in [-0.2, -0.15) is 0 Å². The smallest absolute Gasteiger partial charge is 0.237 e. The summed E-state index contributed by atoms with van der Waals surface area (Å²) in [6, 6.07) is 10.2. The van der Waals surface area contributed by atoms with E-state index in [4.69, 9.17) is 0 Å². The molecule has 2 saturated heterocycles. The average Bonchev–Trinajstić information content (AvgIpc) is 3.22. The standard InChI is InChI=1S/C20H29N3O2S.ClH/c24-19(10-13-26-17-7-2-1-3-8-17)23-12-5-6-16(15-23)14-22-20(25)18-9-4-11-21-18;/h1-3,7-8,16,18,21H,4-6,9-15H2,(H,22,25);1H. The Bertz CT molecular complexity index is 596. The molecule has 27 heavy (non-hydrogen) atoms. The van der Waals surface area contributed by atoms with Crippen molar-refractivity contribution >= 4 is 36.0 Å². The molecule has 7 heteroatoms. The SMILES string of the molecule is Cl.O=C(NCC1CCCN(C(=O)CCSc2ccccc2)C1)C1CCCN1. The Balaban J connectivity index is 0.00000261. The quantitative estimate of drug-likeness (QED) is 0.677. The minimum atomic E-state index is -0.0219. The molecule has 0 saturated carbocycles. The number of carbonyl (C=O) groups is 2. The van der Waals surface area contributed by atoms with Crippen molar-refractivity contribution in [3.63, 3.8) is 0 Å². The number of halogens is 1. The number of piperidine rings is 1. The summed E-state index contributed by atoms with van der Waals surface area (Å²) in [6.07, 6.45) is 4.69. The zero-order valence-corrected chi connectivity index (χ0v) is 17.3. The van der Waals surface area contributed by atoms with Gasteiger partial charge in [-0.15, -0.1) is 24.2 Å². The van der Waals surface area contributed by atoms with Gasteiger partial charge in [-0.05, 0) is 50.3 Å². The maximum absolute atomic E-state index is 12.5. The third-order valence-electron chi connectivity index (χ3n) is 5.14. The molecule has 2 amide bonds. The molecule has 2 atom stereocenters. The van der Waals surface area contributed by atoms with E-state index in [1.54, 1.807) is 11.8 Å². The number of amides is 2. The Hall–Kier alpha value is -1.24. The lowest BCUT2D eigenvalue weighted by Gasteiger charge is -2.33. The second-order valence-electron chi connectivity index (χ2n) is 7.15. The largest absolute Gasteiger partial charge is 0.354 e. The van der Waals surface area contributed by atoms with Crippen LogP contribution in [0.25, 0.3) is 0 Å². The van der Waals surface area contributed by atoms with Gasteiger partial charge in [0.15, 0.2) is 0 Å². The molecular weight excluding hydrogens is 382 g/mol. The monoisotopic (exact) mass is 411 g/mol. The summed E-state index contributed by atoms with van der Waals surface area (Å²) in [6.45, 7) is 3.24. The van der Waals surface area contributed by atoms with Gasteiger partial charge in [0.05, 0.1) is 6.04 Å². The molecule has 0 radical (unpaired) electrons. The summed E-state index contributed by atoms with van der Waals surface area (Å²) in [4.78, 5) is 27.8. The van der Waals surface area contributed by atoms with Crippen molar-refractivity contribution in [1.82, 2.24) is 15.5 Å². The normalized spacial score (nSPS) is 22.1. The third-order valence-corrected chi connectivity index (χ3v) is 6.16. The number of thioether (sulfide) groups is 1. The Kier molecular flexibility index (Phi) is 9.45. The molecule has 1 aromatic carbocycles. The van der Waals surface area contributed by atoms with Crippen LogP contribution in [0.5, 0.6) is 0 Å². The van der Waals surface area contributed by atoms with Crippen LogP contribution in [0.2, 0.25) is 0 Å². The molecule has 3 rings (SSSR count). The molecule has 2 aliphatic heterocycles. The van der Waals surface area contributed by atoms with Crippen LogP contribution in [0.1, 0.15) is 32.1 Å². The highest BCUT2D eigenvalue weighted by atomic mass is 35.5. The van der Waals surface area contributed by atoms with Crippen LogP contribution < -0.4 is 10.6 Å². The number of nitrogens with one attached hydrogen (secondary N) is 2. The van der Waals surface area contributed by atoms with Crippen LogP contribution in [0, 0.1) is 5.92 Å². The first-order chi connectivity index (χ1) is 12.7. The molecule has 2 N–H and O–H groups in total. The highest BCUT2D eigenvalue weighted by Crippen LogP contribution is 2.20. The summed E-state index contributed by atoms with van der Waals surface area (Å²) in [5.41, 5.74) is 0. The lowest BCUT2D eigenvalue weighted by Crippen LogP contribution is -2.46. The topological polar surface area (TPSA) is 61.4 Å². The van der Waals surface area contributed by atoms with E-state index >= 15 is 0 Å². The maximum atomic E-state index is 12.5. The highest BCUT2D eigenvalue weighted by molar-refractivity contribution is 7.99. The summed E-state index contributed by atoms with van der Waals surface area (Å²) < 4.78 is 0. The number of likely N-dealkylation sites (tertiary alicyclic amines) is 1. The Morgan fingerprint density at radius 3 is 2.74 bits per heavy atom. The van der Waals surface area contributed by atoms with Crippen LogP contribution in [0.3, 0.4) is 0 Å². The maximum Gasteiger partial charge on any atom is 0.237 e. The van der Waals surface area contributed by atoms with Crippen LogP contribution in [-0.4, -0.2) is 54.7 Å². The second kappa shape index (κ2) is 11.6. The van der Waals surface area contributed by atoms with Crippen LogP contribution in [0.4, 0.5) is 0 Å². The van der Waals surface area contributed by atoms with E-state index in [1.165, 1.54) is 4.90 Å². The number of hydrogen-bond donors (Lipinski definition) is 2. The lowest BCUT2D eigenvalue weighted by atomic mass is 9.97. The fourth-order valence-corrected chi connectivity index (χ4v) is 4.53. The number of benzene rings is 1. The lowest BCUT2D eigenvalue weighted by molar-refractivity contribution is -0.132. The van der Waals surface area contributed by atoms with E-state index < -0.39 is 0 Å². The molecule has 0 bridgehead atoms. The van der Waals surface area contributed by atoms with E-state index in [-0.39, 0.29) is 30.3 Å². The van der Waals surface area contributed by atoms with Gasteiger partial charge in [0, 0.05) is 36.7 Å². The molecule has 2 aliphatic rings. The number of carbonyl (C=O) groups excluding carboxylic acids is 2. The summed E-state index contributed by atoms with van der Waals surface area (Å²) in [7, 11) is 0. The first-order valence-corrected chi connectivity index (χ1v) is 10.7. The van der Waals surface area contributed by atoms with Crippen molar-refractivity contribution in [3.05, 3.63) is 30.3 Å². The van der Waals surface area contributed by atoms with Gasteiger partial charge in [0.2, 0.25) is 11.8 Å². The van der Waals surface area contributed by atoms with E-state index in [9.17, 15) is 9.59 Å². The molecule has 2 heterocycles. The van der Waals surface area contributed by atoms with Crippen LogP contribution in [0.15, 0.2) is 35.2 Å². The summed E-state index contributed by atoms with van der Waals surface area (Å²) in [5.74, 6) is 1.54. The van der Waals surface area contributed by atoms with Crippen molar-refractivity contribution in [3.8, 4) is 0 Å². The molecule has 2 fully saturated rings. The molecule has 0 spiro atoms. The summed E-state index contributed by atoms with van der Waals surface area (Å²) in [5, 5.41) is 6.30. The van der Waals surface area contributed by atoms with E-state index in [0.717, 1.165) is 51.1 Å². The minimum Gasteiger partial charge on any atom is -0.354 e. The van der Waals surface area contributed by atoms with E-state index in [2.05, 4.69) is 22.8 Å². The fraction of sp³-hybridized carbons (Fsp3) is 0.600. The predicted octanol–water partition coefficient (Wildman–Crippen LogP) is 2.70. The van der Waals surface area contributed by atoms with Crippen molar-refractivity contribution in [1.29, 1.82) is 0 Å². The van der Waals surface area contributed by atoms with E-state index in [1.807, 2.05) is 23.1 Å². The zero-order valence-electron chi connectivity index (χ0n) is 15.7. The third kappa shape index (κ3) is 7.01. The van der Waals surface area contributed by atoms with Crippen molar-refractivity contribution < 1.29 is 9.59 Å². The minimum absolute atomic E-state index is 0. The molecule has 150 valence electrons. The van der Waals surface area contributed by atoms with Gasteiger partial charge in [-0.25, -0.2) is 0 Å².